The smallest absolute Gasteiger partial charge is 0.399 e. The molecule has 7 aromatic carbocycles. The molecule has 0 heterocycles. The van der Waals surface area contributed by atoms with Gasteiger partial charge in [-0.2, -0.15) is 79.0 Å². The van der Waals surface area contributed by atoms with Crippen molar-refractivity contribution in [1.82, 2.24) is 0 Å². The van der Waals surface area contributed by atoms with Crippen molar-refractivity contribution in [2.24, 2.45) is 0 Å². The molecule has 0 radical (unpaired) electrons. The number of benzene rings is 7. The number of halogens is 18. The van der Waals surface area contributed by atoms with Gasteiger partial charge in [-0.25, -0.2) is 0 Å². The van der Waals surface area contributed by atoms with Crippen LogP contribution >= 0.6 is 0 Å². The van der Waals surface area contributed by atoms with Gasteiger partial charge in [0.15, 0.2) is 0 Å². The molecule has 418 valence electrons. The SMILES string of the molecule is Nc1ccc(C(=O)Nc2ccc(-c3ccc(NC(=O)c4cccc(C(=O)Nc5ccc(-c6ccc(NC(=O)c7ccc(N)cc7C(F)(F)F)cc6C(F)(F)F)c(C(F)(F)F)c5)c4)cc3C(F)(F)F)c(C(F)(F)F)c2)c(C(F)(F)F)c1. The lowest BCUT2D eigenvalue weighted by molar-refractivity contribution is -0.139. The van der Waals surface area contributed by atoms with Gasteiger partial charge in [-0.3, -0.25) is 19.2 Å². The zero-order valence-corrected chi connectivity index (χ0v) is 39.3. The molecule has 0 saturated heterocycles. The second kappa shape index (κ2) is 21.2. The molecule has 80 heavy (non-hydrogen) atoms. The summed E-state index contributed by atoms with van der Waals surface area (Å²) < 4.78 is 256. The number of nitrogens with two attached hydrogens (primary N) is 2. The fourth-order valence-electron chi connectivity index (χ4n) is 7.96. The van der Waals surface area contributed by atoms with Crippen LogP contribution in [0.3, 0.4) is 0 Å². The number of anilines is 6. The quantitative estimate of drug-likeness (QED) is 0.0589. The maximum absolute atomic E-state index is 14.6. The van der Waals surface area contributed by atoms with Gasteiger partial charge in [0.1, 0.15) is 0 Å². The highest BCUT2D eigenvalue weighted by molar-refractivity contribution is 6.09. The van der Waals surface area contributed by atoms with Gasteiger partial charge < -0.3 is 32.7 Å². The van der Waals surface area contributed by atoms with E-state index in [4.69, 9.17) is 11.5 Å². The molecule has 7 aromatic rings. The molecule has 7 rings (SSSR count). The van der Waals surface area contributed by atoms with Crippen LogP contribution in [0.1, 0.15) is 74.8 Å². The van der Waals surface area contributed by atoms with Crippen molar-refractivity contribution < 1.29 is 98.2 Å². The Morgan fingerprint density at radius 2 is 0.537 bits per heavy atom. The first-order chi connectivity index (χ1) is 36.9. The van der Waals surface area contributed by atoms with Gasteiger partial charge in [0.2, 0.25) is 0 Å². The van der Waals surface area contributed by atoms with E-state index in [0.717, 1.165) is 48.5 Å². The van der Waals surface area contributed by atoms with E-state index in [0.29, 0.717) is 60.7 Å². The van der Waals surface area contributed by atoms with E-state index >= 15 is 0 Å². The second-order valence-electron chi connectivity index (χ2n) is 17.0. The molecule has 28 heteroatoms. The van der Waals surface area contributed by atoms with Crippen LogP contribution in [-0.2, 0) is 37.1 Å². The Kier molecular flexibility index (Phi) is 15.5. The largest absolute Gasteiger partial charge is 0.417 e. The molecule has 0 bridgehead atoms. The second-order valence-corrected chi connectivity index (χ2v) is 17.0. The maximum atomic E-state index is 14.6. The Bertz CT molecular complexity index is 3370. The van der Waals surface area contributed by atoms with Crippen molar-refractivity contribution in [1.29, 1.82) is 0 Å². The first-order valence-electron chi connectivity index (χ1n) is 22.0. The topological polar surface area (TPSA) is 168 Å². The normalized spacial score (nSPS) is 12.4. The number of amides is 4. The molecule has 0 unspecified atom stereocenters. The van der Waals surface area contributed by atoms with Crippen LogP contribution in [0.5, 0.6) is 0 Å². The van der Waals surface area contributed by atoms with Crippen LogP contribution in [0.2, 0.25) is 0 Å². The highest BCUT2D eigenvalue weighted by Gasteiger charge is 2.42. The summed E-state index contributed by atoms with van der Waals surface area (Å²) >= 11 is 0. The van der Waals surface area contributed by atoms with Crippen molar-refractivity contribution in [3.05, 3.63) is 189 Å². The van der Waals surface area contributed by atoms with Gasteiger partial charge in [0.25, 0.3) is 23.6 Å². The van der Waals surface area contributed by atoms with Gasteiger partial charge in [-0.05, 0) is 125 Å². The predicted molar refractivity (Wildman–Crippen MR) is 254 cm³/mol. The minimum Gasteiger partial charge on any atom is -0.399 e. The Morgan fingerprint density at radius 3 is 0.787 bits per heavy atom. The van der Waals surface area contributed by atoms with Crippen molar-refractivity contribution in [3.8, 4) is 22.3 Å². The van der Waals surface area contributed by atoms with E-state index in [2.05, 4.69) is 10.6 Å². The molecule has 0 spiro atoms. The minimum absolute atomic E-state index is 0.177. The highest BCUT2D eigenvalue weighted by atomic mass is 19.4. The average molecular weight is 1140 g/mol. The van der Waals surface area contributed by atoms with Crippen LogP contribution in [-0.4, -0.2) is 23.6 Å². The molecule has 0 atom stereocenters. The lowest BCUT2D eigenvalue weighted by Crippen LogP contribution is -2.19. The predicted octanol–water partition coefficient (Wildman–Crippen LogP) is 15.3. The number of carbonyl (C=O) groups is 4. The fraction of sp³-hybridized carbons (Fsp3) is 0.115. The van der Waals surface area contributed by atoms with Crippen molar-refractivity contribution in [2.45, 2.75) is 37.1 Å². The van der Waals surface area contributed by atoms with Crippen molar-refractivity contribution in [3.63, 3.8) is 0 Å². The van der Waals surface area contributed by atoms with Crippen LogP contribution in [0.15, 0.2) is 133 Å². The van der Waals surface area contributed by atoms with Gasteiger partial charge in [-0.1, -0.05) is 30.3 Å². The molecule has 0 aliphatic carbocycles. The van der Waals surface area contributed by atoms with Crippen LogP contribution in [0.25, 0.3) is 22.3 Å². The summed E-state index contributed by atoms with van der Waals surface area (Å²) in [6.07, 6.45) is -32.1. The summed E-state index contributed by atoms with van der Waals surface area (Å²) in [4.78, 5) is 52.4. The fourth-order valence-corrected chi connectivity index (χ4v) is 7.96. The van der Waals surface area contributed by atoms with Crippen LogP contribution in [0.4, 0.5) is 113 Å². The standard InChI is InChI=1S/C52H30F18N6O4/c53-47(54,55)37-17-25(71)4-10-35(37)45(79)75-29-8-14-33(41(21-29)51(65,66)67)31-12-6-27(19-39(31)49(59,60)61)73-43(77)23-2-1-3-24(16-23)44(78)74-28-7-13-32(40(20-28)50(62,63)64)34-15-9-30(22-42(34)52(68,69)70)76-46(80)36-11-5-26(72)18-38(36)48(56,57)58/h1-22H,71-72H2,(H,73,77)(H,74,78)(H,75,79)(H,76,80). The summed E-state index contributed by atoms with van der Waals surface area (Å²) in [6.45, 7) is 0. The van der Waals surface area contributed by atoms with E-state index < -0.39 is 173 Å². The van der Waals surface area contributed by atoms with Crippen LogP contribution in [0, 0.1) is 0 Å². The Morgan fingerprint density at radius 1 is 0.287 bits per heavy atom. The van der Waals surface area contributed by atoms with Crippen molar-refractivity contribution >= 4 is 57.8 Å². The first kappa shape index (κ1) is 58.4. The molecule has 0 fully saturated rings. The van der Waals surface area contributed by atoms with E-state index in [9.17, 15) is 98.2 Å². The first-order valence-corrected chi connectivity index (χ1v) is 22.0. The third kappa shape index (κ3) is 13.2. The lowest BCUT2D eigenvalue weighted by atomic mass is 9.93. The van der Waals surface area contributed by atoms with E-state index in [1.807, 2.05) is 10.6 Å². The molecule has 0 aliphatic rings. The summed E-state index contributed by atoms with van der Waals surface area (Å²) in [5, 5.41) is 7.84. The zero-order valence-electron chi connectivity index (χ0n) is 39.3. The molecule has 4 amide bonds. The summed E-state index contributed by atoms with van der Waals surface area (Å²) in [6, 6.07) is 13.6. The molecular weight excluding hydrogens is 1110 g/mol. The molecule has 0 aliphatic heterocycles. The summed E-state index contributed by atoms with van der Waals surface area (Å²) in [5.41, 5.74) is -10.8. The monoisotopic (exact) mass is 1140 g/mol. The van der Waals surface area contributed by atoms with Gasteiger partial charge in [0, 0.05) is 45.3 Å². The number of alkyl halides is 18. The minimum atomic E-state index is -5.45. The lowest BCUT2D eigenvalue weighted by Gasteiger charge is -2.20. The Labute approximate surface area is 436 Å². The van der Waals surface area contributed by atoms with Gasteiger partial charge in [-0.15, -0.1) is 0 Å². The van der Waals surface area contributed by atoms with E-state index in [1.165, 1.54) is 0 Å². The van der Waals surface area contributed by atoms with Gasteiger partial charge >= 0.3 is 37.1 Å². The molecule has 0 saturated carbocycles. The average Bonchev–Trinajstić information content (AvgIpc) is 3.42. The highest BCUT2D eigenvalue weighted by Crippen LogP contribution is 2.47. The summed E-state index contributed by atoms with van der Waals surface area (Å²) in [5.74, 6) is -5.61. The van der Waals surface area contributed by atoms with Crippen LogP contribution < -0.4 is 32.7 Å². The number of hydrogen-bond donors (Lipinski definition) is 6. The zero-order chi connectivity index (χ0) is 59.2. The number of nitrogens with one attached hydrogen (secondary N) is 4. The number of rotatable bonds is 10. The third-order valence-electron chi connectivity index (χ3n) is 11.5. The third-order valence-corrected chi connectivity index (χ3v) is 11.5. The number of hydrogen-bond acceptors (Lipinski definition) is 6. The molecule has 10 nitrogen and oxygen atoms in total. The molecule has 0 aromatic heterocycles. The maximum Gasteiger partial charge on any atom is 0.417 e. The van der Waals surface area contributed by atoms with Crippen molar-refractivity contribution in [2.75, 3.05) is 32.7 Å². The van der Waals surface area contributed by atoms with E-state index in [1.54, 1.807) is 0 Å². The number of carbonyl (C=O) groups excluding carboxylic acids is 4. The van der Waals surface area contributed by atoms with E-state index in [-0.39, 0.29) is 24.3 Å². The molecule has 8 N–H and O–H groups in total. The summed E-state index contributed by atoms with van der Waals surface area (Å²) in [7, 11) is 0. The van der Waals surface area contributed by atoms with Gasteiger partial charge in [0.05, 0.1) is 44.5 Å². The Hall–Kier alpha value is -9.24. The Balaban J connectivity index is 1.12. The number of nitrogen functional groups attached to an aromatic ring is 2. The molecular formula is C52H30F18N6O4.